The Morgan fingerprint density at radius 2 is 2.16 bits per heavy atom. The number of fused-ring (bicyclic) bond motifs is 1. The van der Waals surface area contributed by atoms with E-state index in [1.807, 2.05) is 6.07 Å². The van der Waals surface area contributed by atoms with Crippen molar-refractivity contribution in [1.82, 2.24) is 4.98 Å². The zero-order valence-corrected chi connectivity index (χ0v) is 10.3. The summed E-state index contributed by atoms with van der Waals surface area (Å²) in [6.45, 7) is 1.72. The Labute approximate surface area is 110 Å². The lowest BCUT2D eigenvalue weighted by atomic mass is 10.1. The van der Waals surface area contributed by atoms with Crippen LogP contribution in [0.5, 0.6) is 11.5 Å². The minimum Gasteiger partial charge on any atom is -0.508 e. The number of carbonyl (C=O) groups is 1. The quantitative estimate of drug-likeness (QED) is 0.794. The van der Waals surface area contributed by atoms with Gasteiger partial charge in [-0.1, -0.05) is 6.07 Å². The molecule has 0 spiro atoms. The molecule has 0 bridgehead atoms. The van der Waals surface area contributed by atoms with Gasteiger partial charge in [0.2, 0.25) is 5.78 Å². The predicted molar refractivity (Wildman–Crippen MR) is 70.0 cm³/mol. The van der Waals surface area contributed by atoms with Crippen molar-refractivity contribution in [2.75, 3.05) is 0 Å². The van der Waals surface area contributed by atoms with E-state index < -0.39 is 0 Å². The van der Waals surface area contributed by atoms with Gasteiger partial charge in [0.15, 0.2) is 5.76 Å². The lowest BCUT2D eigenvalue weighted by molar-refractivity contribution is 0.101. The Bertz CT molecular complexity index is 690. The first-order chi connectivity index (χ1) is 9.16. The van der Waals surface area contributed by atoms with E-state index >= 15 is 0 Å². The van der Waals surface area contributed by atoms with Crippen molar-refractivity contribution < 1.29 is 14.6 Å². The number of allylic oxidation sites excluding steroid dienone is 1. The molecule has 0 aliphatic carbocycles. The number of aromatic hydroxyl groups is 1. The molecule has 94 valence electrons. The number of aromatic nitrogens is 1. The molecule has 2 aromatic rings. The molecule has 0 saturated carbocycles. The maximum absolute atomic E-state index is 12.2. The summed E-state index contributed by atoms with van der Waals surface area (Å²) in [6, 6.07) is 6.70. The van der Waals surface area contributed by atoms with E-state index in [9.17, 15) is 9.90 Å². The topological polar surface area (TPSA) is 59.4 Å². The Morgan fingerprint density at radius 3 is 2.89 bits per heavy atom. The third-order valence-corrected chi connectivity index (χ3v) is 3.04. The van der Waals surface area contributed by atoms with Gasteiger partial charge in [-0.3, -0.25) is 9.78 Å². The van der Waals surface area contributed by atoms with E-state index in [-0.39, 0.29) is 17.3 Å². The third-order valence-electron chi connectivity index (χ3n) is 3.04. The van der Waals surface area contributed by atoms with Gasteiger partial charge in [0.1, 0.15) is 11.5 Å². The second-order valence-corrected chi connectivity index (χ2v) is 4.31. The lowest BCUT2D eigenvalue weighted by Crippen LogP contribution is -1.97. The van der Waals surface area contributed by atoms with E-state index in [4.69, 9.17) is 4.74 Å². The first kappa shape index (κ1) is 11.5. The van der Waals surface area contributed by atoms with E-state index in [1.54, 1.807) is 37.5 Å². The Hall–Kier alpha value is -2.62. The number of phenolic OH excluding ortho intramolecular Hbond substituents is 1. The lowest BCUT2D eigenvalue weighted by Gasteiger charge is -2.03. The number of nitrogens with zero attached hydrogens (tertiary/aromatic N) is 1. The van der Waals surface area contributed by atoms with Crippen LogP contribution in [0.15, 0.2) is 42.4 Å². The Kier molecular flexibility index (Phi) is 2.56. The molecule has 0 saturated heterocycles. The highest BCUT2D eigenvalue weighted by molar-refractivity contribution is 6.14. The van der Waals surface area contributed by atoms with E-state index in [0.29, 0.717) is 16.9 Å². The first-order valence-electron chi connectivity index (χ1n) is 5.83. The second kappa shape index (κ2) is 4.24. The summed E-state index contributed by atoms with van der Waals surface area (Å²) in [5, 5.41) is 9.62. The molecule has 0 radical (unpaired) electrons. The van der Waals surface area contributed by atoms with Crippen LogP contribution in [0.1, 0.15) is 21.5 Å². The maximum Gasteiger partial charge on any atom is 0.231 e. The maximum atomic E-state index is 12.2. The number of hydrogen-bond donors (Lipinski definition) is 1. The average Bonchev–Trinajstić information content (AvgIpc) is 2.73. The van der Waals surface area contributed by atoms with Gasteiger partial charge in [0, 0.05) is 18.0 Å². The number of pyridine rings is 1. The summed E-state index contributed by atoms with van der Waals surface area (Å²) in [6.07, 6.45) is 4.96. The monoisotopic (exact) mass is 253 g/mol. The van der Waals surface area contributed by atoms with Crippen LogP contribution in [0, 0.1) is 6.92 Å². The molecule has 4 heteroatoms. The predicted octanol–water partition coefficient (Wildman–Crippen LogP) is 2.71. The van der Waals surface area contributed by atoms with Crippen LogP contribution in [0.4, 0.5) is 0 Å². The highest BCUT2D eigenvalue weighted by Crippen LogP contribution is 2.38. The smallest absolute Gasteiger partial charge is 0.231 e. The highest BCUT2D eigenvalue weighted by atomic mass is 16.5. The molecule has 0 atom stereocenters. The van der Waals surface area contributed by atoms with Crippen LogP contribution in [0.3, 0.4) is 0 Å². The molecule has 4 nitrogen and oxygen atoms in total. The number of rotatable bonds is 1. The Balaban J connectivity index is 2.05. The summed E-state index contributed by atoms with van der Waals surface area (Å²) in [5.41, 5.74) is 1.84. The van der Waals surface area contributed by atoms with Crippen LogP contribution >= 0.6 is 0 Å². The van der Waals surface area contributed by atoms with Gasteiger partial charge in [0.05, 0.1) is 5.56 Å². The molecule has 0 unspecified atom stereocenters. The average molecular weight is 253 g/mol. The number of phenols is 1. The van der Waals surface area contributed by atoms with Crippen LogP contribution in [-0.4, -0.2) is 15.9 Å². The van der Waals surface area contributed by atoms with Crippen LogP contribution in [-0.2, 0) is 0 Å². The summed E-state index contributed by atoms with van der Waals surface area (Å²) >= 11 is 0. The van der Waals surface area contributed by atoms with Gasteiger partial charge < -0.3 is 9.84 Å². The summed E-state index contributed by atoms with van der Waals surface area (Å²) in [5.74, 6) is 0.618. The fraction of sp³-hybridized carbons (Fsp3) is 0.0667. The van der Waals surface area contributed by atoms with Crippen molar-refractivity contribution in [3.8, 4) is 11.5 Å². The number of carbonyl (C=O) groups excluding carboxylic acids is 1. The van der Waals surface area contributed by atoms with Gasteiger partial charge in [0.25, 0.3) is 0 Å². The van der Waals surface area contributed by atoms with E-state index in [0.717, 1.165) is 5.56 Å². The molecule has 1 aliphatic rings. The van der Waals surface area contributed by atoms with Crippen molar-refractivity contribution in [3.05, 3.63) is 59.1 Å². The number of hydrogen-bond acceptors (Lipinski definition) is 4. The molecule has 1 N–H and O–H groups in total. The van der Waals surface area contributed by atoms with Gasteiger partial charge in [-0.2, -0.15) is 0 Å². The van der Waals surface area contributed by atoms with Gasteiger partial charge in [-0.25, -0.2) is 0 Å². The number of Topliss-reactive ketones (excluding diaryl/α,β-unsaturated/α-hetero) is 1. The number of ether oxygens (including phenoxy) is 1. The van der Waals surface area contributed by atoms with Gasteiger partial charge >= 0.3 is 0 Å². The third kappa shape index (κ3) is 1.87. The van der Waals surface area contributed by atoms with Crippen molar-refractivity contribution in [2.24, 2.45) is 0 Å². The van der Waals surface area contributed by atoms with Crippen LogP contribution < -0.4 is 4.74 Å². The minimum absolute atomic E-state index is 0.120. The largest absolute Gasteiger partial charge is 0.508 e. The van der Waals surface area contributed by atoms with Crippen molar-refractivity contribution >= 4 is 11.9 Å². The molecule has 1 aromatic heterocycles. The SMILES string of the molecule is Cc1c(O)ccc2c1O/C(=C\c1cccnc1)C2=O. The number of ketones is 1. The summed E-state index contributed by atoms with van der Waals surface area (Å²) in [7, 11) is 0. The molecule has 19 heavy (non-hydrogen) atoms. The molecular weight excluding hydrogens is 242 g/mol. The van der Waals surface area contributed by atoms with E-state index in [1.165, 1.54) is 6.07 Å². The highest BCUT2D eigenvalue weighted by Gasteiger charge is 2.29. The number of benzene rings is 1. The minimum atomic E-state index is -0.179. The first-order valence-corrected chi connectivity index (χ1v) is 5.83. The molecular formula is C15H11NO3. The van der Waals surface area contributed by atoms with Crippen molar-refractivity contribution in [1.29, 1.82) is 0 Å². The fourth-order valence-corrected chi connectivity index (χ4v) is 1.99. The molecule has 1 aromatic carbocycles. The second-order valence-electron chi connectivity index (χ2n) is 4.31. The summed E-state index contributed by atoms with van der Waals surface area (Å²) in [4.78, 5) is 16.2. The van der Waals surface area contributed by atoms with Crippen LogP contribution in [0.25, 0.3) is 6.08 Å². The summed E-state index contributed by atoms with van der Waals surface area (Å²) < 4.78 is 5.56. The molecule has 0 fully saturated rings. The molecule has 0 amide bonds. The molecule has 1 aliphatic heterocycles. The standard InChI is InChI=1S/C15H11NO3/c1-9-12(17)5-4-11-14(18)13(19-15(9)11)7-10-3-2-6-16-8-10/h2-8,17H,1H3/b13-7-. The zero-order valence-electron chi connectivity index (χ0n) is 10.3. The van der Waals surface area contributed by atoms with E-state index in [2.05, 4.69) is 4.98 Å². The normalized spacial score (nSPS) is 15.4. The zero-order chi connectivity index (χ0) is 13.4. The van der Waals surface area contributed by atoms with Gasteiger partial charge in [-0.05, 0) is 36.8 Å². The molecule has 2 heterocycles. The van der Waals surface area contributed by atoms with Gasteiger partial charge in [-0.15, -0.1) is 0 Å². The van der Waals surface area contributed by atoms with Crippen LogP contribution in [0.2, 0.25) is 0 Å². The fourth-order valence-electron chi connectivity index (χ4n) is 1.99. The molecule has 3 rings (SSSR count). The van der Waals surface area contributed by atoms with Crippen molar-refractivity contribution in [3.63, 3.8) is 0 Å². The van der Waals surface area contributed by atoms with Crippen molar-refractivity contribution in [2.45, 2.75) is 6.92 Å². The Morgan fingerprint density at radius 1 is 1.32 bits per heavy atom.